The first-order chi connectivity index (χ1) is 8.61. The number of benzene rings is 2. The maximum atomic E-state index is 10.9. The van der Waals surface area contributed by atoms with E-state index in [1.54, 1.807) is 0 Å². The van der Waals surface area contributed by atoms with Crippen LogP contribution in [0.2, 0.25) is 0 Å². The molecule has 0 atom stereocenters. The molecule has 0 aliphatic heterocycles. The molecule has 0 spiro atoms. The monoisotopic (exact) mass is 238 g/mol. The number of carbonyl (C=O) groups excluding carboxylic acids is 1. The Morgan fingerprint density at radius 1 is 1.06 bits per heavy atom. The minimum atomic E-state index is 0.513. The predicted molar refractivity (Wildman–Crippen MR) is 76.1 cm³/mol. The van der Waals surface area contributed by atoms with Gasteiger partial charge >= 0.3 is 0 Å². The highest BCUT2D eigenvalue weighted by Gasteiger charge is 2.06. The van der Waals surface area contributed by atoms with Gasteiger partial charge in [-0.2, -0.15) is 0 Å². The molecule has 0 fully saturated rings. The van der Waals surface area contributed by atoms with Gasteiger partial charge in [-0.25, -0.2) is 0 Å². The fourth-order valence-corrected chi connectivity index (χ4v) is 2.09. The number of hydrogen-bond acceptors (Lipinski definition) is 1. The van der Waals surface area contributed by atoms with E-state index in [9.17, 15) is 4.79 Å². The van der Waals surface area contributed by atoms with E-state index in [2.05, 4.69) is 45.0 Å². The van der Waals surface area contributed by atoms with Gasteiger partial charge in [0.15, 0.2) is 0 Å². The van der Waals surface area contributed by atoms with E-state index < -0.39 is 0 Å². The van der Waals surface area contributed by atoms with Crippen molar-refractivity contribution < 1.29 is 4.79 Å². The van der Waals surface area contributed by atoms with Crippen molar-refractivity contribution in [3.8, 4) is 11.1 Å². The highest BCUT2D eigenvalue weighted by Crippen LogP contribution is 2.27. The van der Waals surface area contributed by atoms with Gasteiger partial charge in [0.25, 0.3) is 0 Å². The van der Waals surface area contributed by atoms with Crippen LogP contribution in [0.1, 0.15) is 41.3 Å². The Morgan fingerprint density at radius 2 is 1.83 bits per heavy atom. The van der Waals surface area contributed by atoms with Crippen molar-refractivity contribution in [3.05, 3.63) is 59.2 Å². The zero-order valence-corrected chi connectivity index (χ0v) is 11.1. The Morgan fingerprint density at radius 3 is 2.50 bits per heavy atom. The van der Waals surface area contributed by atoms with E-state index in [1.807, 2.05) is 18.2 Å². The van der Waals surface area contributed by atoms with E-state index in [0.717, 1.165) is 17.4 Å². The highest BCUT2D eigenvalue weighted by atomic mass is 16.1. The lowest BCUT2D eigenvalue weighted by Gasteiger charge is -2.12. The first kappa shape index (κ1) is 12.6. The smallest absolute Gasteiger partial charge is 0.150 e. The molecule has 0 aliphatic rings. The maximum absolute atomic E-state index is 10.9. The van der Waals surface area contributed by atoms with Gasteiger partial charge in [-0.05, 0) is 41.2 Å². The van der Waals surface area contributed by atoms with Crippen molar-refractivity contribution in [2.45, 2.75) is 26.7 Å². The summed E-state index contributed by atoms with van der Waals surface area (Å²) < 4.78 is 0. The number of aryl methyl sites for hydroxylation is 1. The maximum Gasteiger partial charge on any atom is 0.150 e. The number of carbonyl (C=O) groups is 1. The Balaban J connectivity index is 2.54. The van der Waals surface area contributed by atoms with Crippen LogP contribution in [0.25, 0.3) is 11.1 Å². The van der Waals surface area contributed by atoms with Crippen LogP contribution in [-0.2, 0) is 0 Å². The largest absolute Gasteiger partial charge is 0.298 e. The average Bonchev–Trinajstić information content (AvgIpc) is 2.39. The molecular weight excluding hydrogens is 220 g/mol. The first-order valence-electron chi connectivity index (χ1n) is 6.28. The molecule has 2 aromatic carbocycles. The molecule has 0 unspecified atom stereocenters. The van der Waals surface area contributed by atoms with Gasteiger partial charge < -0.3 is 0 Å². The van der Waals surface area contributed by atoms with E-state index in [4.69, 9.17) is 0 Å². The molecule has 0 saturated carbocycles. The normalized spacial score (nSPS) is 10.7. The first-order valence-corrected chi connectivity index (χ1v) is 6.28. The second-order valence-electron chi connectivity index (χ2n) is 4.97. The topological polar surface area (TPSA) is 17.1 Å². The molecule has 0 heterocycles. The van der Waals surface area contributed by atoms with E-state index in [0.29, 0.717) is 5.92 Å². The van der Waals surface area contributed by atoms with Crippen LogP contribution in [0.15, 0.2) is 42.5 Å². The van der Waals surface area contributed by atoms with Gasteiger partial charge in [-0.15, -0.1) is 0 Å². The van der Waals surface area contributed by atoms with Gasteiger partial charge in [0.1, 0.15) is 6.29 Å². The van der Waals surface area contributed by atoms with Crippen LogP contribution in [0.4, 0.5) is 0 Å². The van der Waals surface area contributed by atoms with E-state index in [-0.39, 0.29) is 0 Å². The molecule has 0 aliphatic carbocycles. The van der Waals surface area contributed by atoms with Gasteiger partial charge in [-0.3, -0.25) is 4.79 Å². The van der Waals surface area contributed by atoms with Gasteiger partial charge in [-0.1, -0.05) is 50.2 Å². The third kappa shape index (κ3) is 2.51. The van der Waals surface area contributed by atoms with Crippen molar-refractivity contribution in [3.63, 3.8) is 0 Å². The van der Waals surface area contributed by atoms with Crippen LogP contribution in [0.3, 0.4) is 0 Å². The second-order valence-corrected chi connectivity index (χ2v) is 4.97. The predicted octanol–water partition coefficient (Wildman–Crippen LogP) is 4.60. The Kier molecular flexibility index (Phi) is 3.61. The molecule has 1 nitrogen and oxygen atoms in total. The molecule has 18 heavy (non-hydrogen) atoms. The van der Waals surface area contributed by atoms with Crippen molar-refractivity contribution >= 4 is 6.29 Å². The Bertz CT molecular complexity index is 568. The Hall–Kier alpha value is -1.89. The molecule has 0 radical (unpaired) electrons. The van der Waals surface area contributed by atoms with Crippen LogP contribution in [-0.4, -0.2) is 6.29 Å². The molecule has 1 heteroatoms. The van der Waals surface area contributed by atoms with Crippen molar-refractivity contribution in [2.24, 2.45) is 0 Å². The number of hydrogen-bond donors (Lipinski definition) is 0. The van der Waals surface area contributed by atoms with Crippen molar-refractivity contribution in [1.29, 1.82) is 0 Å². The summed E-state index contributed by atoms with van der Waals surface area (Å²) in [6.07, 6.45) is 0.894. The molecule has 2 rings (SSSR count). The molecule has 2 aromatic rings. The molecule has 0 bridgehead atoms. The summed E-state index contributed by atoms with van der Waals surface area (Å²) >= 11 is 0. The molecule has 92 valence electrons. The summed E-state index contributed by atoms with van der Waals surface area (Å²) in [5, 5.41) is 0. The zero-order valence-electron chi connectivity index (χ0n) is 11.1. The quantitative estimate of drug-likeness (QED) is 0.714. The minimum Gasteiger partial charge on any atom is -0.298 e. The Labute approximate surface area is 108 Å². The van der Waals surface area contributed by atoms with Gasteiger partial charge in [0.05, 0.1) is 0 Å². The standard InChI is InChI=1S/C17H18O/c1-12(2)15-8-7-13(3)17(10-15)16-6-4-5-14(9-16)11-18/h4-12H,1-3H3. The van der Waals surface area contributed by atoms with Crippen molar-refractivity contribution in [2.75, 3.05) is 0 Å². The summed E-state index contributed by atoms with van der Waals surface area (Å²) in [7, 11) is 0. The van der Waals surface area contributed by atoms with Crippen molar-refractivity contribution in [1.82, 2.24) is 0 Å². The zero-order chi connectivity index (χ0) is 13.1. The lowest BCUT2D eigenvalue weighted by molar-refractivity contribution is 0.112. The van der Waals surface area contributed by atoms with Gasteiger partial charge in [0, 0.05) is 5.56 Å². The summed E-state index contributed by atoms with van der Waals surface area (Å²) in [5.41, 5.74) is 5.61. The summed E-state index contributed by atoms with van der Waals surface area (Å²) in [6.45, 7) is 6.49. The highest BCUT2D eigenvalue weighted by molar-refractivity contribution is 5.79. The number of aldehydes is 1. The second kappa shape index (κ2) is 5.18. The molecule has 0 amide bonds. The van der Waals surface area contributed by atoms with Crippen LogP contribution >= 0.6 is 0 Å². The SMILES string of the molecule is Cc1ccc(C(C)C)cc1-c1cccc(C=O)c1. The van der Waals surface area contributed by atoms with Gasteiger partial charge in [0.2, 0.25) is 0 Å². The number of rotatable bonds is 3. The third-order valence-corrected chi connectivity index (χ3v) is 3.26. The van der Waals surface area contributed by atoms with Crippen LogP contribution in [0.5, 0.6) is 0 Å². The van der Waals surface area contributed by atoms with Crippen LogP contribution in [0, 0.1) is 6.92 Å². The summed E-state index contributed by atoms with van der Waals surface area (Å²) in [5.74, 6) is 0.513. The van der Waals surface area contributed by atoms with E-state index >= 15 is 0 Å². The third-order valence-electron chi connectivity index (χ3n) is 3.26. The minimum absolute atomic E-state index is 0.513. The molecule has 0 N–H and O–H groups in total. The fraction of sp³-hybridized carbons (Fsp3) is 0.235. The lowest BCUT2D eigenvalue weighted by atomic mass is 9.93. The van der Waals surface area contributed by atoms with Crippen LogP contribution < -0.4 is 0 Å². The average molecular weight is 238 g/mol. The summed E-state index contributed by atoms with van der Waals surface area (Å²) in [4.78, 5) is 10.9. The molecule has 0 aromatic heterocycles. The fourth-order valence-electron chi connectivity index (χ4n) is 2.09. The molecule has 0 saturated heterocycles. The van der Waals surface area contributed by atoms with E-state index in [1.165, 1.54) is 16.7 Å². The lowest BCUT2D eigenvalue weighted by Crippen LogP contribution is -1.91. The molecular formula is C17H18O. The summed E-state index contributed by atoms with van der Waals surface area (Å²) in [6, 6.07) is 14.3.